The molecule has 1 aromatic carbocycles. The van der Waals surface area contributed by atoms with Crippen molar-refractivity contribution in [2.24, 2.45) is 0 Å². The van der Waals surface area contributed by atoms with Crippen LogP contribution in [0, 0.1) is 0 Å². The molecule has 1 saturated heterocycles. The Hall–Kier alpha value is -1.92. The maximum absolute atomic E-state index is 11.6. The third kappa shape index (κ3) is 2.52. The van der Waals surface area contributed by atoms with Crippen LogP contribution < -0.4 is 10.2 Å². The lowest BCUT2D eigenvalue weighted by Gasteiger charge is -2.43. The average molecular weight is 290 g/mol. The number of fused-ring (bicyclic) bond motifs is 1. The van der Waals surface area contributed by atoms with Crippen LogP contribution in [0.1, 0.15) is 24.2 Å². The van der Waals surface area contributed by atoms with Gasteiger partial charge in [-0.25, -0.2) is 0 Å². The first-order chi connectivity index (χ1) is 9.89. The number of carbonyl (C=O) groups is 2. The van der Waals surface area contributed by atoms with Gasteiger partial charge in [0.25, 0.3) is 11.7 Å². The van der Waals surface area contributed by atoms with Crippen LogP contribution in [0.2, 0.25) is 0 Å². The van der Waals surface area contributed by atoms with Crippen molar-refractivity contribution in [3.05, 3.63) is 23.8 Å². The van der Waals surface area contributed by atoms with Crippen LogP contribution in [0.5, 0.6) is 0 Å². The molecular formula is C15H18N2O4. The van der Waals surface area contributed by atoms with Crippen molar-refractivity contribution in [3.8, 4) is 0 Å². The Morgan fingerprint density at radius 2 is 2.19 bits per heavy atom. The highest BCUT2D eigenvalue weighted by molar-refractivity contribution is 6.51. The highest BCUT2D eigenvalue weighted by Gasteiger charge is 2.34. The molecule has 2 aliphatic heterocycles. The molecule has 2 aliphatic rings. The Labute approximate surface area is 122 Å². The Kier molecular flexibility index (Phi) is 3.22. The number of hydrogen-bond acceptors (Lipinski definition) is 5. The minimum Gasteiger partial charge on any atom is -0.394 e. The second kappa shape index (κ2) is 4.82. The zero-order chi connectivity index (χ0) is 15.2. The number of aliphatic hydroxyl groups is 1. The molecule has 0 saturated carbocycles. The molecule has 1 unspecified atom stereocenters. The van der Waals surface area contributed by atoms with Crippen molar-refractivity contribution < 1.29 is 19.4 Å². The third-order valence-corrected chi connectivity index (χ3v) is 3.75. The van der Waals surface area contributed by atoms with Crippen LogP contribution >= 0.6 is 0 Å². The number of rotatable bonds is 2. The van der Waals surface area contributed by atoms with E-state index in [-0.39, 0.29) is 18.3 Å². The molecule has 1 atom stereocenters. The summed E-state index contributed by atoms with van der Waals surface area (Å²) in [6.45, 7) is 5.14. The first kappa shape index (κ1) is 14.0. The predicted octanol–water partition coefficient (Wildman–Crippen LogP) is 0.797. The number of Topliss-reactive ketones (excluding diaryl/α,β-unsaturated/α-hetero) is 1. The van der Waals surface area contributed by atoms with Crippen LogP contribution in [-0.4, -0.2) is 48.2 Å². The number of aliphatic hydroxyl groups excluding tert-OH is 1. The van der Waals surface area contributed by atoms with Crippen molar-refractivity contribution in [2.75, 3.05) is 29.9 Å². The van der Waals surface area contributed by atoms with Crippen LogP contribution in [0.4, 0.5) is 11.4 Å². The minimum absolute atomic E-state index is 0.0416. The molecule has 2 heterocycles. The Balaban J connectivity index is 1.89. The number of nitrogens with one attached hydrogen (secondary N) is 1. The summed E-state index contributed by atoms with van der Waals surface area (Å²) in [4.78, 5) is 25.1. The van der Waals surface area contributed by atoms with E-state index >= 15 is 0 Å². The summed E-state index contributed by atoms with van der Waals surface area (Å²) in [5, 5.41) is 11.9. The van der Waals surface area contributed by atoms with Gasteiger partial charge in [-0.2, -0.15) is 0 Å². The second-order valence-electron chi connectivity index (χ2n) is 6.08. The van der Waals surface area contributed by atoms with E-state index in [9.17, 15) is 14.7 Å². The van der Waals surface area contributed by atoms with Gasteiger partial charge in [-0.15, -0.1) is 0 Å². The molecule has 3 rings (SSSR count). The fourth-order valence-corrected chi connectivity index (χ4v) is 2.92. The van der Waals surface area contributed by atoms with E-state index in [1.165, 1.54) is 0 Å². The quantitative estimate of drug-likeness (QED) is 0.788. The zero-order valence-corrected chi connectivity index (χ0v) is 12.0. The molecule has 0 aromatic heterocycles. The second-order valence-corrected chi connectivity index (χ2v) is 6.08. The number of anilines is 2. The van der Waals surface area contributed by atoms with Gasteiger partial charge in [0.15, 0.2) is 0 Å². The lowest BCUT2D eigenvalue weighted by atomic mass is 10.0. The van der Waals surface area contributed by atoms with E-state index in [0.717, 1.165) is 5.69 Å². The van der Waals surface area contributed by atoms with Gasteiger partial charge in [-0.3, -0.25) is 9.59 Å². The first-order valence-corrected chi connectivity index (χ1v) is 6.93. The van der Waals surface area contributed by atoms with Crippen molar-refractivity contribution in [1.29, 1.82) is 0 Å². The number of carbonyl (C=O) groups excluding carboxylic acids is 2. The van der Waals surface area contributed by atoms with E-state index in [4.69, 9.17) is 4.74 Å². The molecule has 0 radical (unpaired) electrons. The van der Waals surface area contributed by atoms with Crippen LogP contribution in [0.3, 0.4) is 0 Å². The highest BCUT2D eigenvalue weighted by atomic mass is 16.5. The van der Waals surface area contributed by atoms with E-state index in [2.05, 4.69) is 10.2 Å². The van der Waals surface area contributed by atoms with Crippen molar-refractivity contribution in [3.63, 3.8) is 0 Å². The van der Waals surface area contributed by atoms with Gasteiger partial charge in [0.05, 0.1) is 29.6 Å². The van der Waals surface area contributed by atoms with Gasteiger partial charge in [-0.05, 0) is 32.0 Å². The van der Waals surface area contributed by atoms with Crippen molar-refractivity contribution in [1.82, 2.24) is 0 Å². The lowest BCUT2D eigenvalue weighted by Crippen LogP contribution is -2.54. The number of amides is 1. The summed E-state index contributed by atoms with van der Waals surface area (Å²) in [7, 11) is 0. The normalized spacial score (nSPS) is 24.0. The standard InChI is InChI=1S/C15H18N2O4/c1-15(2)8-17(6-10(7-18)21-15)9-3-4-11-12(5-9)16-14(20)13(11)19/h3-5,10,18H,6-8H2,1-2H3,(H,16,19,20). The number of ether oxygens (including phenoxy) is 1. The van der Waals surface area contributed by atoms with Gasteiger partial charge in [0.1, 0.15) is 0 Å². The maximum atomic E-state index is 11.6. The molecule has 0 bridgehead atoms. The van der Waals surface area contributed by atoms with Gasteiger partial charge in [-0.1, -0.05) is 0 Å². The summed E-state index contributed by atoms with van der Waals surface area (Å²) >= 11 is 0. The molecule has 6 heteroatoms. The summed E-state index contributed by atoms with van der Waals surface area (Å²) in [6, 6.07) is 5.29. The molecular weight excluding hydrogens is 272 g/mol. The summed E-state index contributed by atoms with van der Waals surface area (Å²) < 4.78 is 5.79. The first-order valence-electron chi connectivity index (χ1n) is 6.93. The molecule has 21 heavy (non-hydrogen) atoms. The summed E-state index contributed by atoms with van der Waals surface area (Å²) in [6.07, 6.45) is -0.252. The molecule has 0 spiro atoms. The van der Waals surface area contributed by atoms with Crippen LogP contribution in [0.15, 0.2) is 18.2 Å². The topological polar surface area (TPSA) is 78.9 Å². The van der Waals surface area contributed by atoms with E-state index in [1.807, 2.05) is 19.9 Å². The predicted molar refractivity (Wildman–Crippen MR) is 77.7 cm³/mol. The molecule has 112 valence electrons. The van der Waals surface area contributed by atoms with E-state index < -0.39 is 11.7 Å². The highest BCUT2D eigenvalue weighted by Crippen LogP contribution is 2.31. The lowest BCUT2D eigenvalue weighted by molar-refractivity contribution is -0.112. The fourth-order valence-electron chi connectivity index (χ4n) is 2.92. The third-order valence-electron chi connectivity index (χ3n) is 3.75. The molecule has 2 N–H and O–H groups in total. The number of nitrogens with zero attached hydrogens (tertiary/aromatic N) is 1. The summed E-state index contributed by atoms with van der Waals surface area (Å²) in [5.41, 5.74) is 1.49. The monoisotopic (exact) mass is 290 g/mol. The molecule has 1 fully saturated rings. The number of benzene rings is 1. The van der Waals surface area contributed by atoms with Gasteiger partial charge < -0.3 is 20.1 Å². The zero-order valence-electron chi connectivity index (χ0n) is 12.0. The number of morpholine rings is 1. The Morgan fingerprint density at radius 1 is 1.43 bits per heavy atom. The van der Waals surface area contributed by atoms with E-state index in [1.54, 1.807) is 12.1 Å². The van der Waals surface area contributed by atoms with Crippen molar-refractivity contribution in [2.45, 2.75) is 25.6 Å². The molecule has 1 amide bonds. The molecule has 6 nitrogen and oxygen atoms in total. The fraction of sp³-hybridized carbons (Fsp3) is 0.467. The van der Waals surface area contributed by atoms with E-state index in [0.29, 0.717) is 24.3 Å². The number of hydrogen-bond donors (Lipinski definition) is 2. The average Bonchev–Trinajstić information content (AvgIpc) is 2.72. The van der Waals surface area contributed by atoms with Crippen LogP contribution in [-0.2, 0) is 9.53 Å². The maximum Gasteiger partial charge on any atom is 0.296 e. The summed E-state index contributed by atoms with van der Waals surface area (Å²) in [5.74, 6) is -1.08. The smallest absolute Gasteiger partial charge is 0.296 e. The van der Waals surface area contributed by atoms with Gasteiger partial charge >= 0.3 is 0 Å². The largest absolute Gasteiger partial charge is 0.394 e. The van der Waals surface area contributed by atoms with Crippen molar-refractivity contribution >= 4 is 23.1 Å². The van der Waals surface area contributed by atoms with Gasteiger partial charge in [0.2, 0.25) is 0 Å². The molecule has 1 aromatic rings. The Morgan fingerprint density at radius 3 is 2.90 bits per heavy atom. The Bertz CT molecular complexity index is 612. The minimum atomic E-state index is -0.585. The van der Waals surface area contributed by atoms with Gasteiger partial charge in [0, 0.05) is 18.8 Å². The molecule has 0 aliphatic carbocycles. The van der Waals surface area contributed by atoms with Crippen LogP contribution in [0.25, 0.3) is 0 Å². The SMILES string of the molecule is CC1(C)CN(c2ccc3c(c2)NC(=O)C3=O)CC(CO)O1. The number of ketones is 1.